The number of fused-ring (bicyclic) bond motifs is 1. The Bertz CT molecular complexity index is 1630. The lowest BCUT2D eigenvalue weighted by atomic mass is 10.1. The molecule has 0 bridgehead atoms. The van der Waals surface area contributed by atoms with Crippen molar-refractivity contribution >= 4 is 28.4 Å². The Morgan fingerprint density at radius 2 is 1.31 bits per heavy atom. The summed E-state index contributed by atoms with van der Waals surface area (Å²) in [6.45, 7) is 0.906. The number of nitriles is 1. The van der Waals surface area contributed by atoms with Gasteiger partial charge in [0.2, 0.25) is 0 Å². The summed E-state index contributed by atoms with van der Waals surface area (Å²) in [6.07, 6.45) is 1.56. The molecule has 0 saturated heterocycles. The Morgan fingerprint density at radius 1 is 0.692 bits per heavy atom. The van der Waals surface area contributed by atoms with E-state index >= 15 is 0 Å². The van der Waals surface area contributed by atoms with Gasteiger partial charge >= 0.3 is 0 Å². The van der Waals surface area contributed by atoms with Crippen LogP contribution in [0.4, 0.5) is 5.69 Å². The number of hydrogen-bond acceptors (Lipinski definition) is 4. The lowest BCUT2D eigenvalue weighted by Gasteiger charge is -2.09. The van der Waals surface area contributed by atoms with Crippen molar-refractivity contribution in [2.45, 2.75) is 13.2 Å². The normalized spacial score (nSPS) is 11.0. The highest BCUT2D eigenvalue weighted by atomic mass is 16.5. The molecule has 5 aromatic carbocycles. The largest absolute Gasteiger partial charge is 0.489 e. The van der Waals surface area contributed by atoms with Gasteiger partial charge in [0, 0.05) is 5.69 Å². The average molecular weight is 511 g/mol. The number of amides is 1. The quantitative estimate of drug-likeness (QED) is 0.164. The summed E-state index contributed by atoms with van der Waals surface area (Å²) < 4.78 is 11.7. The Hall–Kier alpha value is -5.34. The van der Waals surface area contributed by atoms with E-state index in [1.165, 1.54) is 10.8 Å². The molecule has 190 valence electrons. The summed E-state index contributed by atoms with van der Waals surface area (Å²) in [5.41, 5.74) is 3.46. The number of hydrogen-bond donors (Lipinski definition) is 1. The highest BCUT2D eigenvalue weighted by Gasteiger charge is 2.10. The number of nitrogens with zero attached hydrogens (tertiary/aromatic N) is 1. The van der Waals surface area contributed by atoms with Gasteiger partial charge in [0.1, 0.15) is 36.4 Å². The monoisotopic (exact) mass is 510 g/mol. The minimum Gasteiger partial charge on any atom is -0.489 e. The summed E-state index contributed by atoms with van der Waals surface area (Å²) in [7, 11) is 0. The van der Waals surface area contributed by atoms with Crippen molar-refractivity contribution in [3.05, 3.63) is 144 Å². The maximum atomic E-state index is 12.7. The molecule has 0 fully saturated rings. The van der Waals surface area contributed by atoms with E-state index in [0.29, 0.717) is 30.4 Å². The fourth-order valence-electron chi connectivity index (χ4n) is 4.04. The van der Waals surface area contributed by atoms with Crippen LogP contribution in [0, 0.1) is 11.3 Å². The average Bonchev–Trinajstić information content (AvgIpc) is 2.99. The van der Waals surface area contributed by atoms with Crippen molar-refractivity contribution < 1.29 is 14.3 Å². The van der Waals surface area contributed by atoms with Crippen LogP contribution in [0.25, 0.3) is 16.8 Å². The SMILES string of the molecule is N#C/C(=C\c1ccc(OCc2ccc3ccccc3c2)cc1)C(=O)Nc1ccc(OCc2ccccc2)cc1. The van der Waals surface area contributed by atoms with E-state index in [4.69, 9.17) is 9.47 Å². The number of anilines is 1. The van der Waals surface area contributed by atoms with Gasteiger partial charge < -0.3 is 14.8 Å². The van der Waals surface area contributed by atoms with Crippen molar-refractivity contribution in [1.82, 2.24) is 0 Å². The molecule has 0 aliphatic rings. The standard InChI is InChI=1S/C34H26N2O3/c35-22-30(34(37)36-31-14-18-33(19-15-31)38-23-26-6-2-1-3-7-26)20-25-11-16-32(17-12-25)39-24-27-10-13-28-8-4-5-9-29(28)21-27/h1-21H,23-24H2,(H,36,37)/b30-20+. The molecule has 0 spiro atoms. The molecule has 0 heterocycles. The van der Waals surface area contributed by atoms with E-state index in [0.717, 1.165) is 16.7 Å². The third-order valence-electron chi connectivity index (χ3n) is 6.14. The van der Waals surface area contributed by atoms with E-state index in [1.807, 2.05) is 72.8 Å². The van der Waals surface area contributed by atoms with Crippen LogP contribution < -0.4 is 14.8 Å². The van der Waals surface area contributed by atoms with Gasteiger partial charge in [0.05, 0.1) is 0 Å². The molecule has 0 aliphatic heterocycles. The molecule has 0 unspecified atom stereocenters. The zero-order valence-corrected chi connectivity index (χ0v) is 21.2. The second kappa shape index (κ2) is 12.3. The highest BCUT2D eigenvalue weighted by Crippen LogP contribution is 2.21. The number of ether oxygens (including phenoxy) is 2. The van der Waals surface area contributed by atoms with Gasteiger partial charge in [-0.15, -0.1) is 0 Å². The number of nitrogens with one attached hydrogen (secondary N) is 1. The molecule has 1 amide bonds. The molecule has 5 nitrogen and oxygen atoms in total. The van der Waals surface area contributed by atoms with Crippen LogP contribution in [0.3, 0.4) is 0 Å². The molecule has 5 aromatic rings. The van der Waals surface area contributed by atoms with Gasteiger partial charge in [-0.1, -0.05) is 78.9 Å². The van der Waals surface area contributed by atoms with Crippen LogP contribution in [0.15, 0.2) is 127 Å². The van der Waals surface area contributed by atoms with Gasteiger partial charge in [-0.05, 0) is 76.0 Å². The molecule has 39 heavy (non-hydrogen) atoms. The smallest absolute Gasteiger partial charge is 0.266 e. The molecule has 0 aliphatic carbocycles. The van der Waals surface area contributed by atoms with E-state index in [9.17, 15) is 10.1 Å². The predicted molar refractivity (Wildman–Crippen MR) is 154 cm³/mol. The third kappa shape index (κ3) is 6.91. The summed E-state index contributed by atoms with van der Waals surface area (Å²) >= 11 is 0. The van der Waals surface area contributed by atoms with E-state index in [1.54, 1.807) is 30.3 Å². The van der Waals surface area contributed by atoms with Crippen molar-refractivity contribution in [2.24, 2.45) is 0 Å². The molecule has 5 rings (SSSR count). The zero-order chi connectivity index (χ0) is 26.9. The highest BCUT2D eigenvalue weighted by molar-refractivity contribution is 6.09. The lowest BCUT2D eigenvalue weighted by molar-refractivity contribution is -0.112. The maximum Gasteiger partial charge on any atom is 0.266 e. The van der Waals surface area contributed by atoms with E-state index in [-0.39, 0.29) is 5.57 Å². The molecule has 0 aromatic heterocycles. The van der Waals surface area contributed by atoms with Crippen LogP contribution in [-0.2, 0) is 18.0 Å². The first-order valence-electron chi connectivity index (χ1n) is 12.6. The molecule has 0 radical (unpaired) electrons. The predicted octanol–water partition coefficient (Wildman–Crippen LogP) is 7.54. The molecular formula is C34H26N2O3. The van der Waals surface area contributed by atoms with Crippen molar-refractivity contribution in [3.8, 4) is 17.6 Å². The second-order valence-corrected chi connectivity index (χ2v) is 8.96. The van der Waals surface area contributed by atoms with Crippen LogP contribution >= 0.6 is 0 Å². The molecule has 0 saturated carbocycles. The lowest BCUT2D eigenvalue weighted by Crippen LogP contribution is -2.13. The number of rotatable bonds is 9. The second-order valence-electron chi connectivity index (χ2n) is 8.96. The topological polar surface area (TPSA) is 71.3 Å². The first kappa shape index (κ1) is 25.3. The fraction of sp³-hybridized carbons (Fsp3) is 0.0588. The Kier molecular flexibility index (Phi) is 7.96. The fourth-order valence-corrected chi connectivity index (χ4v) is 4.04. The molecule has 1 N–H and O–H groups in total. The Labute approximate surface area is 227 Å². The van der Waals surface area contributed by atoms with Gasteiger partial charge in [-0.3, -0.25) is 4.79 Å². The third-order valence-corrected chi connectivity index (χ3v) is 6.14. The van der Waals surface area contributed by atoms with E-state index < -0.39 is 5.91 Å². The Balaban J connectivity index is 1.16. The number of carbonyl (C=O) groups excluding carboxylic acids is 1. The number of benzene rings is 5. The number of carbonyl (C=O) groups is 1. The van der Waals surface area contributed by atoms with Gasteiger partial charge in [0.15, 0.2) is 0 Å². The minimum absolute atomic E-state index is 0.00392. The van der Waals surface area contributed by atoms with Crippen LogP contribution in [0.2, 0.25) is 0 Å². The van der Waals surface area contributed by atoms with Crippen LogP contribution in [0.1, 0.15) is 16.7 Å². The van der Waals surface area contributed by atoms with Crippen LogP contribution in [-0.4, -0.2) is 5.91 Å². The van der Waals surface area contributed by atoms with Crippen molar-refractivity contribution in [1.29, 1.82) is 5.26 Å². The van der Waals surface area contributed by atoms with Gasteiger partial charge in [-0.2, -0.15) is 5.26 Å². The Morgan fingerprint density at radius 3 is 2.00 bits per heavy atom. The first-order chi connectivity index (χ1) is 19.2. The molecule has 0 atom stereocenters. The summed E-state index contributed by atoms with van der Waals surface area (Å²) in [4.78, 5) is 12.7. The van der Waals surface area contributed by atoms with Crippen molar-refractivity contribution in [2.75, 3.05) is 5.32 Å². The minimum atomic E-state index is -0.480. The van der Waals surface area contributed by atoms with Gasteiger partial charge in [0.25, 0.3) is 5.91 Å². The molecular weight excluding hydrogens is 484 g/mol. The molecule has 5 heteroatoms. The van der Waals surface area contributed by atoms with Gasteiger partial charge in [-0.25, -0.2) is 0 Å². The van der Waals surface area contributed by atoms with E-state index in [2.05, 4.69) is 35.6 Å². The summed E-state index contributed by atoms with van der Waals surface area (Å²) in [5, 5.41) is 14.7. The first-order valence-corrected chi connectivity index (χ1v) is 12.6. The summed E-state index contributed by atoms with van der Waals surface area (Å²) in [5.74, 6) is 0.917. The van der Waals surface area contributed by atoms with Crippen molar-refractivity contribution in [3.63, 3.8) is 0 Å². The maximum absolute atomic E-state index is 12.7. The van der Waals surface area contributed by atoms with Crippen LogP contribution in [0.5, 0.6) is 11.5 Å². The zero-order valence-electron chi connectivity index (χ0n) is 21.2. The summed E-state index contributed by atoms with van der Waals surface area (Å²) in [6, 6.07) is 40.7.